The molecule has 0 unspecified atom stereocenters. The van der Waals surface area contributed by atoms with Crippen molar-refractivity contribution in [3.8, 4) is 0 Å². The maximum absolute atomic E-state index is 12.3. The van der Waals surface area contributed by atoms with Gasteiger partial charge in [-0.3, -0.25) is 4.79 Å². The molecule has 0 N–H and O–H groups in total. The number of alkyl halides is 2. The van der Waals surface area contributed by atoms with Crippen LogP contribution in [0.5, 0.6) is 0 Å². The quantitative estimate of drug-likeness (QED) is 0.460. The molecule has 0 radical (unpaired) electrons. The number of nitrogens with zero attached hydrogens (tertiary/aromatic N) is 1. The van der Waals surface area contributed by atoms with Crippen molar-refractivity contribution in [1.29, 1.82) is 0 Å². The van der Waals surface area contributed by atoms with Gasteiger partial charge < -0.3 is 0 Å². The molecule has 6 heteroatoms. The lowest BCUT2D eigenvalue weighted by Gasteiger charge is -2.04. The Balaban J connectivity index is 3.32. The highest BCUT2D eigenvalue weighted by atomic mass is 127. The summed E-state index contributed by atoms with van der Waals surface area (Å²) >= 11 is 4.91. The van der Waals surface area contributed by atoms with E-state index >= 15 is 0 Å². The molecule has 0 amide bonds. The number of carbonyl (C=O) groups is 1. The highest BCUT2D eigenvalue weighted by molar-refractivity contribution is 14.1. The van der Waals surface area contributed by atoms with Crippen molar-refractivity contribution in [3.05, 3.63) is 25.5 Å². The lowest BCUT2D eigenvalue weighted by Crippen LogP contribution is -2.00. The van der Waals surface area contributed by atoms with Crippen LogP contribution in [-0.4, -0.2) is 11.3 Å². The van der Waals surface area contributed by atoms with Gasteiger partial charge in [0.2, 0.25) is 0 Å². The van der Waals surface area contributed by atoms with Crippen LogP contribution >= 0.6 is 38.5 Å². The monoisotopic (exact) mass is 361 g/mol. The average Bonchev–Trinajstić information content (AvgIpc) is 2.08. The summed E-state index contributed by atoms with van der Waals surface area (Å²) in [7, 11) is 0. The Labute approximate surface area is 95.0 Å². The summed E-state index contributed by atoms with van der Waals surface area (Å²) in [6, 6.07) is 1.34. The first-order chi connectivity index (χ1) is 6.06. The summed E-state index contributed by atoms with van der Waals surface area (Å²) < 4.78 is 25.5. The number of pyridine rings is 1. The Morgan fingerprint density at radius 2 is 2.23 bits per heavy atom. The fourth-order valence-electron chi connectivity index (χ4n) is 0.763. The van der Waals surface area contributed by atoms with Crippen LogP contribution in [0.25, 0.3) is 0 Å². The highest BCUT2D eigenvalue weighted by Crippen LogP contribution is 2.25. The van der Waals surface area contributed by atoms with Crippen molar-refractivity contribution < 1.29 is 13.6 Å². The van der Waals surface area contributed by atoms with Gasteiger partial charge in [-0.2, -0.15) is 0 Å². The van der Waals surface area contributed by atoms with E-state index in [0.717, 1.165) is 0 Å². The number of hydrogen-bond acceptors (Lipinski definition) is 2. The maximum atomic E-state index is 12.3. The summed E-state index contributed by atoms with van der Waals surface area (Å²) in [4.78, 5) is 14.0. The Morgan fingerprint density at radius 1 is 1.62 bits per heavy atom. The summed E-state index contributed by atoms with van der Waals surface area (Å²) in [6.45, 7) is 0. The van der Waals surface area contributed by atoms with Gasteiger partial charge in [0.25, 0.3) is 6.43 Å². The van der Waals surface area contributed by atoms with Gasteiger partial charge in [0.1, 0.15) is 9.39 Å². The molecule has 1 aromatic rings. The summed E-state index contributed by atoms with van der Waals surface area (Å²) in [5.74, 6) is 0. The lowest BCUT2D eigenvalue weighted by atomic mass is 10.2. The summed E-state index contributed by atoms with van der Waals surface area (Å²) in [5.41, 5.74) is -0.551. The maximum Gasteiger partial charge on any atom is 0.281 e. The molecule has 0 saturated heterocycles. The number of halogens is 4. The molecule has 1 aromatic heterocycles. The smallest absolute Gasteiger partial charge is 0.281 e. The molecule has 0 aromatic carbocycles. The number of aromatic nitrogens is 1. The zero-order chi connectivity index (χ0) is 10.0. The summed E-state index contributed by atoms with van der Waals surface area (Å²) in [6.07, 6.45) is -2.35. The molecule has 0 spiro atoms. The largest absolute Gasteiger partial charge is 0.298 e. The van der Waals surface area contributed by atoms with E-state index in [1.807, 2.05) is 22.6 Å². The Kier molecular flexibility index (Phi) is 3.72. The molecular formula is C7H3BrF2INO. The van der Waals surface area contributed by atoms with E-state index < -0.39 is 12.1 Å². The van der Waals surface area contributed by atoms with E-state index in [1.165, 1.54) is 6.07 Å². The second-order valence-electron chi connectivity index (χ2n) is 2.15. The number of rotatable bonds is 2. The van der Waals surface area contributed by atoms with Crippen LogP contribution in [0, 0.1) is 3.70 Å². The molecule has 0 aliphatic rings. The molecule has 0 bridgehead atoms. The molecule has 2 nitrogen and oxygen atoms in total. The van der Waals surface area contributed by atoms with Crippen LogP contribution in [0.3, 0.4) is 0 Å². The minimum Gasteiger partial charge on any atom is -0.298 e. The van der Waals surface area contributed by atoms with E-state index in [9.17, 15) is 13.6 Å². The van der Waals surface area contributed by atoms with E-state index in [1.54, 1.807) is 0 Å². The van der Waals surface area contributed by atoms with Crippen LogP contribution in [0.4, 0.5) is 8.78 Å². The highest BCUT2D eigenvalue weighted by Gasteiger charge is 2.16. The molecule has 1 rings (SSSR count). The van der Waals surface area contributed by atoms with Crippen molar-refractivity contribution in [1.82, 2.24) is 4.98 Å². The minimum atomic E-state index is -2.72. The van der Waals surface area contributed by atoms with Gasteiger partial charge in [0, 0.05) is 5.56 Å². The third kappa shape index (κ3) is 2.43. The number of carbonyl (C=O) groups excluding carboxylic acids is 1. The first kappa shape index (κ1) is 11.0. The molecule has 0 atom stereocenters. The topological polar surface area (TPSA) is 30.0 Å². The molecular weight excluding hydrogens is 359 g/mol. The predicted molar refractivity (Wildman–Crippen MR) is 55.0 cm³/mol. The Morgan fingerprint density at radius 3 is 2.69 bits per heavy atom. The van der Waals surface area contributed by atoms with Crippen molar-refractivity contribution in [3.63, 3.8) is 0 Å². The van der Waals surface area contributed by atoms with Crippen LogP contribution in [0.15, 0.2) is 10.5 Å². The molecule has 0 aliphatic heterocycles. The van der Waals surface area contributed by atoms with Crippen molar-refractivity contribution >= 4 is 44.8 Å². The van der Waals surface area contributed by atoms with Crippen LogP contribution in [0.1, 0.15) is 22.5 Å². The fourth-order valence-corrected chi connectivity index (χ4v) is 1.51. The lowest BCUT2D eigenvalue weighted by molar-refractivity contribution is 0.110. The van der Waals surface area contributed by atoms with Gasteiger partial charge in [-0.25, -0.2) is 13.8 Å². The SMILES string of the molecule is O=Cc1cc(Br)c(I)nc1C(F)F. The minimum absolute atomic E-state index is 0.0812. The molecule has 0 fully saturated rings. The van der Waals surface area contributed by atoms with Crippen LogP contribution in [-0.2, 0) is 0 Å². The second kappa shape index (κ2) is 4.41. The van der Waals surface area contributed by atoms with E-state index in [-0.39, 0.29) is 5.56 Å². The molecule has 70 valence electrons. The van der Waals surface area contributed by atoms with Gasteiger partial charge in [0.05, 0.1) is 4.47 Å². The number of aldehydes is 1. The summed E-state index contributed by atoms with van der Waals surface area (Å²) in [5, 5.41) is 0. The van der Waals surface area contributed by atoms with Gasteiger partial charge >= 0.3 is 0 Å². The molecule has 13 heavy (non-hydrogen) atoms. The first-order valence-electron chi connectivity index (χ1n) is 3.15. The Bertz CT molecular complexity index is 346. The van der Waals surface area contributed by atoms with Crippen LogP contribution < -0.4 is 0 Å². The van der Waals surface area contributed by atoms with E-state index in [0.29, 0.717) is 14.5 Å². The van der Waals surface area contributed by atoms with Crippen molar-refractivity contribution in [2.45, 2.75) is 6.43 Å². The van der Waals surface area contributed by atoms with Gasteiger partial charge in [-0.05, 0) is 44.6 Å². The van der Waals surface area contributed by atoms with Gasteiger partial charge in [0.15, 0.2) is 6.29 Å². The first-order valence-corrected chi connectivity index (χ1v) is 5.02. The molecule has 0 aliphatic carbocycles. The van der Waals surface area contributed by atoms with Gasteiger partial charge in [-0.15, -0.1) is 0 Å². The van der Waals surface area contributed by atoms with Crippen LogP contribution in [0.2, 0.25) is 0 Å². The normalized spacial score (nSPS) is 10.5. The van der Waals surface area contributed by atoms with E-state index in [2.05, 4.69) is 20.9 Å². The number of hydrogen-bond donors (Lipinski definition) is 0. The predicted octanol–water partition coefficient (Wildman–Crippen LogP) is 3.20. The Hall–Kier alpha value is -0.110. The zero-order valence-electron chi connectivity index (χ0n) is 6.10. The van der Waals surface area contributed by atoms with Gasteiger partial charge in [-0.1, -0.05) is 0 Å². The third-order valence-electron chi connectivity index (χ3n) is 1.33. The zero-order valence-corrected chi connectivity index (χ0v) is 9.84. The standard InChI is InChI=1S/C7H3BrF2INO/c8-4-1-3(2-13)5(6(9)10)12-7(4)11/h1-2,6H. The third-order valence-corrected chi connectivity index (χ3v) is 3.50. The van der Waals surface area contributed by atoms with E-state index in [4.69, 9.17) is 0 Å². The molecule has 1 heterocycles. The average molecular weight is 362 g/mol. The van der Waals surface area contributed by atoms with Crippen molar-refractivity contribution in [2.24, 2.45) is 0 Å². The fraction of sp³-hybridized carbons (Fsp3) is 0.143. The van der Waals surface area contributed by atoms with Crippen molar-refractivity contribution in [2.75, 3.05) is 0 Å². The second-order valence-corrected chi connectivity index (χ2v) is 4.03. The molecule has 0 saturated carbocycles.